The number of nitrogens with one attached hydrogen (secondary N) is 1. The summed E-state index contributed by atoms with van der Waals surface area (Å²) in [4.78, 5) is 0. The van der Waals surface area contributed by atoms with Gasteiger partial charge in [0.05, 0.1) is 6.10 Å². The number of aryl methyl sites for hydroxylation is 1. The molecule has 1 atom stereocenters. The zero-order chi connectivity index (χ0) is 11.3. The maximum absolute atomic E-state index is 5.74. The van der Waals surface area contributed by atoms with Gasteiger partial charge in [0, 0.05) is 24.5 Å². The molecule has 3 heteroatoms. The Morgan fingerprint density at radius 3 is 2.80 bits per heavy atom. The van der Waals surface area contributed by atoms with Crippen molar-refractivity contribution in [2.45, 2.75) is 26.9 Å². The SMILES string of the molecule is CCOC(C)CNc1ccc(N)c(C)c1. The van der Waals surface area contributed by atoms with Crippen LogP contribution in [-0.2, 0) is 4.74 Å². The lowest BCUT2D eigenvalue weighted by Crippen LogP contribution is -2.19. The summed E-state index contributed by atoms with van der Waals surface area (Å²) in [5.74, 6) is 0. The van der Waals surface area contributed by atoms with Crippen molar-refractivity contribution in [1.29, 1.82) is 0 Å². The van der Waals surface area contributed by atoms with Crippen LogP contribution in [-0.4, -0.2) is 19.3 Å². The zero-order valence-corrected chi connectivity index (χ0v) is 9.71. The van der Waals surface area contributed by atoms with Crippen molar-refractivity contribution < 1.29 is 4.74 Å². The highest BCUT2D eigenvalue weighted by Gasteiger charge is 2.01. The van der Waals surface area contributed by atoms with Crippen molar-refractivity contribution in [3.05, 3.63) is 23.8 Å². The highest BCUT2D eigenvalue weighted by Crippen LogP contribution is 2.16. The van der Waals surface area contributed by atoms with Gasteiger partial charge < -0.3 is 15.8 Å². The van der Waals surface area contributed by atoms with E-state index in [2.05, 4.69) is 12.2 Å². The van der Waals surface area contributed by atoms with Crippen LogP contribution in [0.4, 0.5) is 11.4 Å². The summed E-state index contributed by atoms with van der Waals surface area (Å²) in [7, 11) is 0. The summed E-state index contributed by atoms with van der Waals surface area (Å²) in [5, 5.41) is 3.32. The van der Waals surface area contributed by atoms with Crippen LogP contribution in [0, 0.1) is 6.92 Å². The molecule has 15 heavy (non-hydrogen) atoms. The van der Waals surface area contributed by atoms with Crippen molar-refractivity contribution in [3.8, 4) is 0 Å². The minimum absolute atomic E-state index is 0.229. The number of nitrogens with two attached hydrogens (primary N) is 1. The molecule has 1 aromatic rings. The summed E-state index contributed by atoms with van der Waals surface area (Å²) in [6.45, 7) is 7.64. The lowest BCUT2D eigenvalue weighted by Gasteiger charge is -2.14. The molecule has 0 aliphatic heterocycles. The average molecular weight is 208 g/mol. The topological polar surface area (TPSA) is 47.3 Å². The molecular formula is C12H20N2O. The molecule has 84 valence electrons. The van der Waals surface area contributed by atoms with Gasteiger partial charge in [0.1, 0.15) is 0 Å². The maximum atomic E-state index is 5.74. The van der Waals surface area contributed by atoms with Crippen molar-refractivity contribution in [3.63, 3.8) is 0 Å². The van der Waals surface area contributed by atoms with Crippen LogP contribution in [0.2, 0.25) is 0 Å². The van der Waals surface area contributed by atoms with Crippen molar-refractivity contribution >= 4 is 11.4 Å². The van der Waals surface area contributed by atoms with E-state index in [1.54, 1.807) is 0 Å². The quantitative estimate of drug-likeness (QED) is 0.730. The van der Waals surface area contributed by atoms with Gasteiger partial charge in [-0.2, -0.15) is 0 Å². The van der Waals surface area contributed by atoms with Crippen LogP contribution in [0.25, 0.3) is 0 Å². The third-order valence-electron chi connectivity index (χ3n) is 2.31. The Kier molecular flexibility index (Phi) is 4.43. The van der Waals surface area contributed by atoms with Crippen LogP contribution >= 0.6 is 0 Å². The predicted octanol–water partition coefficient (Wildman–Crippen LogP) is 2.41. The minimum atomic E-state index is 0.229. The Balaban J connectivity index is 2.47. The first kappa shape index (κ1) is 11.9. The molecule has 1 unspecified atom stereocenters. The predicted molar refractivity (Wildman–Crippen MR) is 65.2 cm³/mol. The molecule has 0 fully saturated rings. The lowest BCUT2D eigenvalue weighted by atomic mass is 10.2. The van der Waals surface area contributed by atoms with Gasteiger partial charge in [-0.15, -0.1) is 0 Å². The van der Waals surface area contributed by atoms with Gasteiger partial charge in [0.25, 0.3) is 0 Å². The molecule has 3 N–H and O–H groups in total. The van der Waals surface area contributed by atoms with Crippen LogP contribution in [0.15, 0.2) is 18.2 Å². The molecule has 0 heterocycles. The first-order chi connectivity index (χ1) is 7.13. The van der Waals surface area contributed by atoms with E-state index in [9.17, 15) is 0 Å². The van der Waals surface area contributed by atoms with Gasteiger partial charge in [-0.1, -0.05) is 0 Å². The summed E-state index contributed by atoms with van der Waals surface area (Å²) in [6, 6.07) is 5.96. The number of ether oxygens (including phenoxy) is 1. The smallest absolute Gasteiger partial charge is 0.0719 e. The molecule has 0 aliphatic carbocycles. The summed E-state index contributed by atoms with van der Waals surface area (Å²) in [5.41, 5.74) is 8.76. The Labute approximate surface area is 91.6 Å². The standard InChI is InChI=1S/C12H20N2O/c1-4-15-10(3)8-14-11-5-6-12(13)9(2)7-11/h5-7,10,14H,4,8,13H2,1-3H3. The fourth-order valence-electron chi connectivity index (χ4n) is 1.39. The summed E-state index contributed by atoms with van der Waals surface area (Å²) in [6.07, 6.45) is 0.229. The molecule has 0 radical (unpaired) electrons. The third kappa shape index (κ3) is 3.80. The molecule has 3 nitrogen and oxygen atoms in total. The van der Waals surface area contributed by atoms with Crippen molar-refractivity contribution in [1.82, 2.24) is 0 Å². The van der Waals surface area contributed by atoms with Gasteiger partial charge in [-0.05, 0) is 44.5 Å². The number of benzene rings is 1. The van der Waals surface area contributed by atoms with Crippen LogP contribution in [0.5, 0.6) is 0 Å². The van der Waals surface area contributed by atoms with E-state index < -0.39 is 0 Å². The van der Waals surface area contributed by atoms with E-state index in [-0.39, 0.29) is 6.10 Å². The first-order valence-electron chi connectivity index (χ1n) is 5.35. The molecule has 0 aromatic heterocycles. The van der Waals surface area contributed by atoms with Crippen LogP contribution < -0.4 is 11.1 Å². The van der Waals surface area contributed by atoms with Crippen molar-refractivity contribution in [2.75, 3.05) is 24.2 Å². The lowest BCUT2D eigenvalue weighted by molar-refractivity contribution is 0.0855. The summed E-state index contributed by atoms with van der Waals surface area (Å²) >= 11 is 0. The average Bonchev–Trinajstić information content (AvgIpc) is 2.20. The number of rotatable bonds is 5. The van der Waals surface area contributed by atoms with E-state index in [1.807, 2.05) is 32.0 Å². The molecule has 1 aromatic carbocycles. The molecule has 0 amide bonds. The number of nitrogen functional groups attached to an aromatic ring is 1. The molecule has 0 aliphatic rings. The summed E-state index contributed by atoms with van der Waals surface area (Å²) < 4.78 is 5.43. The van der Waals surface area contributed by atoms with Gasteiger partial charge in [-0.3, -0.25) is 0 Å². The second-order valence-corrected chi connectivity index (χ2v) is 3.72. The van der Waals surface area contributed by atoms with Gasteiger partial charge in [0.2, 0.25) is 0 Å². The van der Waals surface area contributed by atoms with E-state index in [0.29, 0.717) is 0 Å². The van der Waals surface area contributed by atoms with E-state index in [4.69, 9.17) is 10.5 Å². The van der Waals surface area contributed by atoms with Gasteiger partial charge in [-0.25, -0.2) is 0 Å². The van der Waals surface area contributed by atoms with Crippen LogP contribution in [0.3, 0.4) is 0 Å². The van der Waals surface area contributed by atoms with Gasteiger partial charge in [0.15, 0.2) is 0 Å². The molecular weight excluding hydrogens is 188 g/mol. The number of hydrogen-bond donors (Lipinski definition) is 2. The van der Waals surface area contributed by atoms with Crippen molar-refractivity contribution in [2.24, 2.45) is 0 Å². The zero-order valence-electron chi connectivity index (χ0n) is 9.71. The Bertz CT molecular complexity index is 312. The molecule has 0 saturated carbocycles. The second-order valence-electron chi connectivity index (χ2n) is 3.72. The van der Waals surface area contributed by atoms with E-state index in [0.717, 1.165) is 30.1 Å². The van der Waals surface area contributed by atoms with E-state index >= 15 is 0 Å². The maximum Gasteiger partial charge on any atom is 0.0719 e. The fraction of sp³-hybridized carbons (Fsp3) is 0.500. The Morgan fingerprint density at radius 2 is 2.20 bits per heavy atom. The van der Waals surface area contributed by atoms with Gasteiger partial charge >= 0.3 is 0 Å². The molecule has 0 spiro atoms. The molecule has 1 rings (SSSR count). The number of anilines is 2. The number of hydrogen-bond acceptors (Lipinski definition) is 3. The third-order valence-corrected chi connectivity index (χ3v) is 2.31. The first-order valence-corrected chi connectivity index (χ1v) is 5.35. The monoisotopic (exact) mass is 208 g/mol. The normalized spacial score (nSPS) is 12.5. The highest BCUT2D eigenvalue weighted by molar-refractivity contribution is 5.56. The molecule has 0 saturated heterocycles. The Hall–Kier alpha value is -1.22. The largest absolute Gasteiger partial charge is 0.399 e. The fourth-order valence-corrected chi connectivity index (χ4v) is 1.39. The highest BCUT2D eigenvalue weighted by atomic mass is 16.5. The van der Waals surface area contributed by atoms with Crippen LogP contribution in [0.1, 0.15) is 19.4 Å². The van der Waals surface area contributed by atoms with E-state index in [1.165, 1.54) is 0 Å². The second kappa shape index (κ2) is 5.61. The Morgan fingerprint density at radius 1 is 1.47 bits per heavy atom. The molecule has 0 bridgehead atoms. The minimum Gasteiger partial charge on any atom is -0.399 e.